The van der Waals surface area contributed by atoms with Crippen molar-refractivity contribution in [1.82, 2.24) is 10.1 Å². The fraction of sp³-hybridized carbons (Fsp3) is 0.524. The third-order valence-corrected chi connectivity index (χ3v) is 5.99. The van der Waals surface area contributed by atoms with Gasteiger partial charge in [-0.05, 0) is 12.8 Å². The van der Waals surface area contributed by atoms with Crippen molar-refractivity contribution in [3.63, 3.8) is 0 Å². The highest BCUT2D eigenvalue weighted by Gasteiger charge is 2.39. The number of ether oxygens (including phenoxy) is 1. The summed E-state index contributed by atoms with van der Waals surface area (Å²) in [6.45, 7) is 4.01. The van der Waals surface area contributed by atoms with Gasteiger partial charge in [0.2, 0.25) is 0 Å². The molecule has 1 saturated carbocycles. The number of aromatic nitrogens is 1. The molecule has 0 atom stereocenters. The Morgan fingerprint density at radius 3 is 2.54 bits per heavy atom. The lowest BCUT2D eigenvalue weighted by atomic mass is 9.79. The van der Waals surface area contributed by atoms with Gasteiger partial charge in [-0.2, -0.15) is 0 Å². The number of carbonyl (C=O) groups is 1. The van der Waals surface area contributed by atoms with Crippen molar-refractivity contribution in [3.05, 3.63) is 35.9 Å². The molecule has 1 aliphatic carbocycles. The first-order chi connectivity index (χ1) is 13.7. The van der Waals surface area contributed by atoms with Gasteiger partial charge in [0.05, 0.1) is 13.2 Å². The van der Waals surface area contributed by atoms with Crippen LogP contribution in [0, 0.1) is 0 Å². The predicted molar refractivity (Wildman–Crippen MR) is 106 cm³/mol. The third-order valence-electron chi connectivity index (χ3n) is 5.99. The van der Waals surface area contributed by atoms with Crippen LogP contribution in [0.5, 0.6) is 0 Å². The summed E-state index contributed by atoms with van der Waals surface area (Å²) >= 11 is 0. The second-order valence-electron chi connectivity index (χ2n) is 7.64. The number of carboxylic acid groups (broad SMARTS) is 1. The van der Waals surface area contributed by atoms with Gasteiger partial charge in [0.25, 0.3) is 0 Å². The highest BCUT2D eigenvalue weighted by Crippen LogP contribution is 2.36. The van der Waals surface area contributed by atoms with E-state index in [-0.39, 0.29) is 11.1 Å². The first kappa shape index (κ1) is 19.0. The Kier molecular flexibility index (Phi) is 5.64. The molecular weight excluding hydrogens is 358 g/mol. The molecule has 150 valence electrons. The topological polar surface area (TPSA) is 87.8 Å². The van der Waals surface area contributed by atoms with Crippen LogP contribution in [0.1, 0.15) is 42.5 Å². The molecule has 1 saturated heterocycles. The van der Waals surface area contributed by atoms with Crippen molar-refractivity contribution in [1.29, 1.82) is 0 Å². The lowest BCUT2D eigenvalue weighted by molar-refractivity contribution is -0.0319. The normalized spacial score (nSPS) is 20.0. The molecule has 2 aromatic rings. The van der Waals surface area contributed by atoms with E-state index in [0.29, 0.717) is 23.7 Å². The van der Waals surface area contributed by atoms with Gasteiger partial charge in [-0.15, -0.1) is 0 Å². The van der Waals surface area contributed by atoms with E-state index in [1.165, 1.54) is 19.3 Å². The first-order valence-corrected chi connectivity index (χ1v) is 10.0. The van der Waals surface area contributed by atoms with Crippen molar-refractivity contribution in [2.75, 3.05) is 38.2 Å². The maximum absolute atomic E-state index is 11.9. The smallest absolute Gasteiger partial charge is 0.343 e. The molecule has 28 heavy (non-hydrogen) atoms. The summed E-state index contributed by atoms with van der Waals surface area (Å²) < 4.78 is 11.0. The minimum Gasteiger partial charge on any atom is -0.477 e. The van der Waals surface area contributed by atoms with Gasteiger partial charge in [-0.3, -0.25) is 4.90 Å². The predicted octanol–water partition coefficient (Wildman–Crippen LogP) is 3.49. The van der Waals surface area contributed by atoms with E-state index in [2.05, 4.69) is 15.4 Å². The summed E-state index contributed by atoms with van der Waals surface area (Å²) in [4.78, 5) is 14.5. The number of hydrogen-bond donors (Lipinski definition) is 2. The molecule has 2 heterocycles. The fourth-order valence-electron chi connectivity index (χ4n) is 4.50. The van der Waals surface area contributed by atoms with E-state index in [4.69, 9.17) is 9.26 Å². The Bertz CT molecular complexity index is 793. The van der Waals surface area contributed by atoms with E-state index in [1.54, 1.807) is 0 Å². The second-order valence-corrected chi connectivity index (χ2v) is 7.64. The van der Waals surface area contributed by atoms with E-state index >= 15 is 0 Å². The fourth-order valence-corrected chi connectivity index (χ4v) is 4.50. The number of nitrogens with zero attached hydrogens (tertiary/aromatic N) is 2. The van der Waals surface area contributed by atoms with Gasteiger partial charge in [-0.1, -0.05) is 54.8 Å². The number of carboxylic acids is 1. The number of anilines is 1. The maximum atomic E-state index is 11.9. The van der Waals surface area contributed by atoms with Crippen molar-refractivity contribution in [2.45, 2.75) is 37.6 Å². The summed E-state index contributed by atoms with van der Waals surface area (Å²) in [5.74, 6) is -0.434. The molecule has 1 aromatic carbocycles. The zero-order chi connectivity index (χ0) is 19.4. The van der Waals surface area contributed by atoms with Gasteiger partial charge in [-0.25, -0.2) is 4.79 Å². The molecule has 4 rings (SSSR count). The maximum Gasteiger partial charge on any atom is 0.343 e. The van der Waals surface area contributed by atoms with Crippen molar-refractivity contribution in [2.24, 2.45) is 0 Å². The molecule has 0 amide bonds. The van der Waals surface area contributed by atoms with Crippen LogP contribution in [0.2, 0.25) is 0 Å². The Morgan fingerprint density at radius 1 is 1.14 bits per heavy atom. The molecule has 2 aliphatic rings. The minimum absolute atomic E-state index is 0.0175. The Hall–Kier alpha value is -2.38. The highest BCUT2D eigenvalue weighted by atomic mass is 16.5. The van der Waals surface area contributed by atoms with Gasteiger partial charge in [0.15, 0.2) is 17.1 Å². The molecular formula is C21H27N3O4. The Morgan fingerprint density at radius 2 is 1.86 bits per heavy atom. The third kappa shape index (κ3) is 3.77. The zero-order valence-electron chi connectivity index (χ0n) is 16.0. The van der Waals surface area contributed by atoms with Crippen molar-refractivity contribution >= 4 is 11.8 Å². The number of aromatic carboxylic acids is 1. The monoisotopic (exact) mass is 385 g/mol. The average molecular weight is 385 g/mol. The number of rotatable bonds is 6. The van der Waals surface area contributed by atoms with Crippen LogP contribution in [-0.4, -0.2) is 59.5 Å². The lowest BCUT2D eigenvalue weighted by Crippen LogP contribution is -2.58. The molecule has 0 spiro atoms. The van der Waals surface area contributed by atoms with Crippen LogP contribution in [0.15, 0.2) is 34.9 Å². The van der Waals surface area contributed by atoms with E-state index < -0.39 is 5.97 Å². The number of morpholine rings is 1. The van der Waals surface area contributed by atoms with Gasteiger partial charge in [0, 0.05) is 30.7 Å². The van der Waals surface area contributed by atoms with E-state index in [9.17, 15) is 9.90 Å². The Balaban J connectivity index is 1.57. The molecule has 0 radical (unpaired) electrons. The molecule has 1 aromatic heterocycles. The molecule has 2 fully saturated rings. The van der Waals surface area contributed by atoms with Crippen molar-refractivity contribution in [3.8, 4) is 11.3 Å². The van der Waals surface area contributed by atoms with Crippen LogP contribution in [-0.2, 0) is 4.74 Å². The summed E-state index contributed by atoms with van der Waals surface area (Å²) in [5.41, 5.74) is 0.823. The van der Waals surface area contributed by atoms with Gasteiger partial charge >= 0.3 is 5.97 Å². The molecule has 0 unspecified atom stereocenters. The average Bonchev–Trinajstić information content (AvgIpc) is 3.19. The van der Waals surface area contributed by atoms with Crippen LogP contribution >= 0.6 is 0 Å². The quantitative estimate of drug-likeness (QED) is 0.787. The van der Waals surface area contributed by atoms with E-state index in [1.807, 2.05) is 30.3 Å². The van der Waals surface area contributed by atoms with Gasteiger partial charge in [0.1, 0.15) is 0 Å². The standard InChI is InChI=1S/C21H27N3O4/c25-20(26)17-18(16-7-3-1-4-8-16)28-23-19(17)22-15-21(9-5-2-6-10-21)24-11-13-27-14-12-24/h1,3-4,7-8H,2,5-6,9-15H2,(H,22,23)(H,25,26). The lowest BCUT2D eigenvalue weighted by Gasteiger charge is -2.48. The van der Waals surface area contributed by atoms with Crippen LogP contribution in [0.3, 0.4) is 0 Å². The molecule has 7 heteroatoms. The van der Waals surface area contributed by atoms with Crippen molar-refractivity contribution < 1.29 is 19.2 Å². The highest BCUT2D eigenvalue weighted by molar-refractivity contribution is 5.99. The summed E-state index contributed by atoms with van der Waals surface area (Å²) in [7, 11) is 0. The second kappa shape index (κ2) is 8.32. The molecule has 0 bridgehead atoms. The Labute approximate surface area is 164 Å². The summed E-state index contributed by atoms with van der Waals surface area (Å²) in [5, 5.41) is 17.2. The molecule has 1 aliphatic heterocycles. The molecule has 7 nitrogen and oxygen atoms in total. The summed E-state index contributed by atoms with van der Waals surface area (Å²) in [6, 6.07) is 9.24. The number of nitrogens with one attached hydrogen (secondary N) is 1. The van der Waals surface area contributed by atoms with Gasteiger partial charge < -0.3 is 19.7 Å². The summed E-state index contributed by atoms with van der Waals surface area (Å²) in [6.07, 6.45) is 5.85. The SMILES string of the molecule is O=C(O)c1c(NCC2(N3CCOCC3)CCCCC2)noc1-c1ccccc1. The first-order valence-electron chi connectivity index (χ1n) is 10.0. The van der Waals surface area contributed by atoms with Crippen LogP contribution < -0.4 is 5.32 Å². The number of hydrogen-bond acceptors (Lipinski definition) is 6. The van der Waals surface area contributed by atoms with Crippen LogP contribution in [0.25, 0.3) is 11.3 Å². The number of benzene rings is 1. The van der Waals surface area contributed by atoms with E-state index in [0.717, 1.165) is 39.1 Å². The molecule has 2 N–H and O–H groups in total. The minimum atomic E-state index is -1.04. The zero-order valence-corrected chi connectivity index (χ0v) is 16.0. The van der Waals surface area contributed by atoms with Crippen LogP contribution in [0.4, 0.5) is 5.82 Å². The largest absolute Gasteiger partial charge is 0.477 e.